The Bertz CT molecular complexity index is 1380. The van der Waals surface area contributed by atoms with Gasteiger partial charge in [0.15, 0.2) is 5.82 Å². The van der Waals surface area contributed by atoms with E-state index < -0.39 is 17.6 Å². The topological polar surface area (TPSA) is 116 Å². The van der Waals surface area contributed by atoms with E-state index in [1.54, 1.807) is 43.8 Å². The molecule has 2 aromatic heterocycles. The highest BCUT2D eigenvalue weighted by Gasteiger charge is 2.48. The van der Waals surface area contributed by atoms with Crippen molar-refractivity contribution in [1.29, 1.82) is 0 Å². The van der Waals surface area contributed by atoms with Gasteiger partial charge in [-0.2, -0.15) is 0 Å². The third-order valence-corrected chi connectivity index (χ3v) is 5.39. The van der Waals surface area contributed by atoms with Crippen molar-refractivity contribution in [2.24, 2.45) is 0 Å². The van der Waals surface area contributed by atoms with Crippen LogP contribution in [0.4, 0.5) is 15.9 Å². The zero-order valence-corrected chi connectivity index (χ0v) is 18.0. The lowest BCUT2D eigenvalue weighted by Crippen LogP contribution is -2.37. The minimum atomic E-state index is -2.14. The summed E-state index contributed by atoms with van der Waals surface area (Å²) in [5, 5.41) is 13.6. The Labute approximate surface area is 193 Å². The van der Waals surface area contributed by atoms with Gasteiger partial charge < -0.3 is 24.6 Å². The molecular weight excluding hydrogens is 443 g/mol. The lowest BCUT2D eigenvalue weighted by Gasteiger charge is -2.25. The average molecular weight is 462 g/mol. The third-order valence-electron chi connectivity index (χ3n) is 5.39. The zero-order chi connectivity index (χ0) is 23.7. The minimum Gasteiger partial charge on any atom is -0.497 e. The number of benzene rings is 2. The van der Waals surface area contributed by atoms with Crippen molar-refractivity contribution in [1.82, 2.24) is 15.0 Å². The number of fused-ring (bicyclic) bond motifs is 1. The number of methoxy groups -OCH3 is 1. The molecule has 0 saturated carbocycles. The molecule has 1 saturated heterocycles. The first kappa shape index (κ1) is 21.7. The lowest BCUT2D eigenvalue weighted by molar-refractivity contribution is -0.205. The van der Waals surface area contributed by atoms with E-state index in [4.69, 9.17) is 14.2 Å². The zero-order valence-electron chi connectivity index (χ0n) is 18.0. The van der Waals surface area contributed by atoms with Gasteiger partial charge in [-0.3, -0.25) is 4.98 Å². The number of pyridine rings is 1. The van der Waals surface area contributed by atoms with Gasteiger partial charge in [0, 0.05) is 34.6 Å². The summed E-state index contributed by atoms with van der Waals surface area (Å²) in [4.78, 5) is 25.5. The van der Waals surface area contributed by atoms with Crippen LogP contribution < -0.4 is 10.1 Å². The summed E-state index contributed by atoms with van der Waals surface area (Å²) in [5.41, 5.74) is 1.54. The van der Waals surface area contributed by atoms with Gasteiger partial charge in [0.05, 0.1) is 25.8 Å². The Morgan fingerprint density at radius 3 is 2.68 bits per heavy atom. The Kier molecular flexibility index (Phi) is 5.52. The number of aliphatic carboxylic acids is 1. The third kappa shape index (κ3) is 3.78. The summed E-state index contributed by atoms with van der Waals surface area (Å²) in [6, 6.07) is 12.6. The molecule has 10 heteroatoms. The second-order valence-electron chi connectivity index (χ2n) is 7.45. The summed E-state index contributed by atoms with van der Waals surface area (Å²) in [6.07, 6.45) is 3.28. The van der Waals surface area contributed by atoms with E-state index >= 15 is 0 Å². The maximum absolute atomic E-state index is 14.2. The highest BCUT2D eigenvalue weighted by atomic mass is 19.1. The number of aromatic nitrogens is 3. The molecule has 2 aromatic carbocycles. The molecule has 0 radical (unpaired) electrons. The van der Waals surface area contributed by atoms with Gasteiger partial charge in [-0.25, -0.2) is 19.2 Å². The van der Waals surface area contributed by atoms with Crippen molar-refractivity contribution < 1.29 is 28.5 Å². The van der Waals surface area contributed by atoms with E-state index in [2.05, 4.69) is 20.3 Å². The molecule has 0 atom stereocenters. The van der Waals surface area contributed by atoms with E-state index in [0.717, 1.165) is 6.07 Å². The van der Waals surface area contributed by atoms with Crippen LogP contribution in [0.2, 0.25) is 0 Å². The first-order valence-corrected chi connectivity index (χ1v) is 10.3. The predicted octanol–water partition coefficient (Wildman–Crippen LogP) is 3.87. The summed E-state index contributed by atoms with van der Waals surface area (Å²) in [7, 11) is 1.54. The van der Waals surface area contributed by atoms with Crippen molar-refractivity contribution in [3.8, 4) is 17.1 Å². The first-order valence-electron chi connectivity index (χ1n) is 10.3. The SMILES string of the molecule is COc1ccc2nc(-c3cccnc3)nc(Nc3ccc(F)cc3C3(C(=O)O)OCCO3)c2c1. The van der Waals surface area contributed by atoms with Gasteiger partial charge in [0.1, 0.15) is 17.4 Å². The van der Waals surface area contributed by atoms with Crippen molar-refractivity contribution in [2.45, 2.75) is 5.79 Å². The van der Waals surface area contributed by atoms with E-state index in [-0.39, 0.29) is 24.5 Å². The molecule has 2 N–H and O–H groups in total. The average Bonchev–Trinajstić information content (AvgIpc) is 3.37. The summed E-state index contributed by atoms with van der Waals surface area (Å²) >= 11 is 0. The Balaban J connectivity index is 1.69. The van der Waals surface area contributed by atoms with Gasteiger partial charge >= 0.3 is 5.97 Å². The first-order chi connectivity index (χ1) is 16.5. The molecule has 3 heterocycles. The van der Waals surface area contributed by atoms with Gasteiger partial charge in [-0.1, -0.05) is 0 Å². The molecule has 0 amide bonds. The maximum atomic E-state index is 14.2. The number of carboxylic acid groups (broad SMARTS) is 1. The van der Waals surface area contributed by atoms with Crippen LogP contribution in [0, 0.1) is 5.82 Å². The van der Waals surface area contributed by atoms with Gasteiger partial charge in [0.2, 0.25) is 0 Å². The van der Waals surface area contributed by atoms with Crippen molar-refractivity contribution in [2.75, 3.05) is 25.6 Å². The number of nitrogens with one attached hydrogen (secondary N) is 1. The van der Waals surface area contributed by atoms with Crippen LogP contribution in [0.3, 0.4) is 0 Å². The molecule has 1 fully saturated rings. The quantitative estimate of drug-likeness (QED) is 0.440. The fourth-order valence-electron chi connectivity index (χ4n) is 3.79. The van der Waals surface area contributed by atoms with E-state index in [1.165, 1.54) is 12.1 Å². The van der Waals surface area contributed by atoms with E-state index in [1.807, 2.05) is 6.07 Å². The van der Waals surface area contributed by atoms with Crippen LogP contribution in [-0.2, 0) is 20.1 Å². The number of carbonyl (C=O) groups is 1. The Morgan fingerprint density at radius 2 is 1.97 bits per heavy atom. The Hall–Kier alpha value is -4.15. The Morgan fingerprint density at radius 1 is 1.15 bits per heavy atom. The standard InChI is InChI=1S/C24H19FN4O5/c1-32-16-5-7-19-17(12-16)22(29-21(27-19)14-3-2-8-26-13-14)28-20-6-4-15(25)11-18(20)24(23(30)31)33-9-10-34-24/h2-8,11-13H,9-10H2,1H3,(H,30,31)(H,27,28,29). The molecule has 1 aliphatic heterocycles. The van der Waals surface area contributed by atoms with Gasteiger partial charge in [-0.15, -0.1) is 0 Å². The second-order valence-corrected chi connectivity index (χ2v) is 7.45. The summed E-state index contributed by atoms with van der Waals surface area (Å²) < 4.78 is 30.5. The summed E-state index contributed by atoms with van der Waals surface area (Å²) in [6.45, 7) is 0.113. The molecule has 1 aliphatic rings. The number of ether oxygens (including phenoxy) is 3. The molecule has 5 rings (SSSR count). The normalized spacial score (nSPS) is 14.8. The molecule has 4 aromatic rings. The second kappa shape index (κ2) is 8.65. The smallest absolute Gasteiger partial charge is 0.369 e. The minimum absolute atomic E-state index is 0.0184. The molecule has 0 bridgehead atoms. The number of hydrogen-bond acceptors (Lipinski definition) is 8. The summed E-state index contributed by atoms with van der Waals surface area (Å²) in [5.74, 6) is -2.82. The molecule has 9 nitrogen and oxygen atoms in total. The number of rotatable bonds is 6. The van der Waals surface area contributed by atoms with E-state index in [9.17, 15) is 14.3 Å². The number of halogens is 1. The molecular formula is C24H19FN4O5. The number of hydrogen-bond donors (Lipinski definition) is 2. The number of anilines is 2. The van der Waals surface area contributed by atoms with Crippen molar-refractivity contribution in [3.05, 3.63) is 72.3 Å². The van der Waals surface area contributed by atoms with Crippen LogP contribution in [0.1, 0.15) is 5.56 Å². The van der Waals surface area contributed by atoms with Crippen LogP contribution in [-0.4, -0.2) is 46.4 Å². The fourth-order valence-corrected chi connectivity index (χ4v) is 3.79. The highest BCUT2D eigenvalue weighted by Crippen LogP contribution is 2.39. The van der Waals surface area contributed by atoms with E-state index in [0.29, 0.717) is 33.9 Å². The van der Waals surface area contributed by atoms with Crippen molar-refractivity contribution >= 4 is 28.4 Å². The molecule has 0 aliphatic carbocycles. The van der Waals surface area contributed by atoms with Crippen LogP contribution in [0.15, 0.2) is 60.9 Å². The monoisotopic (exact) mass is 462 g/mol. The van der Waals surface area contributed by atoms with Crippen molar-refractivity contribution in [3.63, 3.8) is 0 Å². The lowest BCUT2D eigenvalue weighted by atomic mass is 10.0. The largest absolute Gasteiger partial charge is 0.497 e. The maximum Gasteiger partial charge on any atom is 0.369 e. The number of carboxylic acids is 1. The van der Waals surface area contributed by atoms with Crippen LogP contribution in [0.5, 0.6) is 5.75 Å². The van der Waals surface area contributed by atoms with Gasteiger partial charge in [-0.05, 0) is 48.5 Å². The molecule has 172 valence electrons. The highest BCUT2D eigenvalue weighted by molar-refractivity contribution is 5.94. The van der Waals surface area contributed by atoms with Crippen LogP contribution in [0.25, 0.3) is 22.3 Å². The number of nitrogens with zero attached hydrogens (tertiary/aromatic N) is 3. The molecule has 0 spiro atoms. The predicted molar refractivity (Wildman–Crippen MR) is 120 cm³/mol. The molecule has 0 unspecified atom stereocenters. The molecule has 34 heavy (non-hydrogen) atoms. The fraction of sp³-hybridized carbons (Fsp3) is 0.167. The van der Waals surface area contributed by atoms with Crippen LogP contribution >= 0.6 is 0 Å². The van der Waals surface area contributed by atoms with Gasteiger partial charge in [0.25, 0.3) is 5.79 Å².